The van der Waals surface area contributed by atoms with Gasteiger partial charge in [0.15, 0.2) is 0 Å². The van der Waals surface area contributed by atoms with Gasteiger partial charge in [0.25, 0.3) is 0 Å². The molecule has 100 valence electrons. The van der Waals surface area contributed by atoms with Crippen LogP contribution in [0.25, 0.3) is 0 Å². The molecule has 4 heteroatoms. The molecular formula is C14H22N2OS. The van der Waals surface area contributed by atoms with Crippen molar-refractivity contribution in [1.82, 2.24) is 9.55 Å². The van der Waals surface area contributed by atoms with Crippen molar-refractivity contribution >= 4 is 11.8 Å². The molecule has 1 N–H and O–H groups in total. The maximum absolute atomic E-state index is 9.53. The van der Waals surface area contributed by atoms with E-state index in [-0.39, 0.29) is 12.6 Å². The van der Waals surface area contributed by atoms with Crippen LogP contribution in [0, 0.1) is 5.92 Å². The fourth-order valence-electron chi connectivity index (χ4n) is 3.27. The lowest BCUT2D eigenvalue weighted by atomic mass is 9.99. The van der Waals surface area contributed by atoms with Crippen LogP contribution in [0.3, 0.4) is 0 Å². The first kappa shape index (κ1) is 12.5. The fourth-order valence-corrected chi connectivity index (χ4v) is 4.42. The molecule has 18 heavy (non-hydrogen) atoms. The van der Waals surface area contributed by atoms with Crippen LogP contribution in [0.4, 0.5) is 0 Å². The summed E-state index contributed by atoms with van der Waals surface area (Å²) in [6.07, 6.45) is 9.26. The van der Waals surface area contributed by atoms with Crippen LogP contribution in [0.1, 0.15) is 43.2 Å². The van der Waals surface area contributed by atoms with Crippen molar-refractivity contribution in [2.24, 2.45) is 5.92 Å². The molecule has 0 aliphatic carbocycles. The highest BCUT2D eigenvalue weighted by atomic mass is 32.2. The highest BCUT2D eigenvalue weighted by Gasteiger charge is 2.24. The molecule has 0 amide bonds. The van der Waals surface area contributed by atoms with Gasteiger partial charge in [-0.3, -0.25) is 0 Å². The average Bonchev–Trinajstić information content (AvgIpc) is 2.83. The minimum Gasteiger partial charge on any atom is -0.394 e. The summed E-state index contributed by atoms with van der Waals surface area (Å²) in [5.74, 6) is 4.62. The molecule has 1 saturated heterocycles. The van der Waals surface area contributed by atoms with E-state index in [2.05, 4.69) is 21.3 Å². The third-order valence-corrected chi connectivity index (χ3v) is 5.51. The van der Waals surface area contributed by atoms with Gasteiger partial charge in [-0.25, -0.2) is 4.98 Å². The summed E-state index contributed by atoms with van der Waals surface area (Å²) in [6.45, 7) is 0.260. The highest BCUT2D eigenvalue weighted by molar-refractivity contribution is 7.99. The molecule has 2 aliphatic rings. The number of aryl methyl sites for hydroxylation is 1. The van der Waals surface area contributed by atoms with Crippen LogP contribution in [-0.2, 0) is 12.8 Å². The molecule has 3 heterocycles. The minimum absolute atomic E-state index is 0.260. The highest BCUT2D eigenvalue weighted by Crippen LogP contribution is 2.30. The number of imidazole rings is 1. The topological polar surface area (TPSA) is 38.1 Å². The van der Waals surface area contributed by atoms with Crippen molar-refractivity contribution in [3.8, 4) is 0 Å². The number of aromatic nitrogens is 2. The molecule has 1 fully saturated rings. The minimum atomic E-state index is 0.260. The van der Waals surface area contributed by atoms with Crippen LogP contribution < -0.4 is 0 Å². The molecule has 0 saturated carbocycles. The van der Waals surface area contributed by atoms with E-state index in [1.807, 2.05) is 6.20 Å². The second kappa shape index (κ2) is 5.66. The molecule has 3 nitrogen and oxygen atoms in total. The van der Waals surface area contributed by atoms with Crippen molar-refractivity contribution < 1.29 is 5.11 Å². The van der Waals surface area contributed by atoms with Gasteiger partial charge >= 0.3 is 0 Å². The Balaban J connectivity index is 1.77. The quantitative estimate of drug-likeness (QED) is 0.913. The number of nitrogens with zero attached hydrogens (tertiary/aromatic N) is 2. The molecule has 3 rings (SSSR count). The zero-order valence-corrected chi connectivity index (χ0v) is 11.7. The van der Waals surface area contributed by atoms with Gasteiger partial charge in [0.1, 0.15) is 5.82 Å². The van der Waals surface area contributed by atoms with Crippen LogP contribution in [0.2, 0.25) is 0 Å². The third-order valence-electron chi connectivity index (χ3n) is 4.22. The lowest BCUT2D eigenvalue weighted by Crippen LogP contribution is -2.24. The Bertz CT molecular complexity index is 398. The summed E-state index contributed by atoms with van der Waals surface area (Å²) in [7, 11) is 0. The summed E-state index contributed by atoms with van der Waals surface area (Å²) in [5, 5.41) is 9.53. The molecule has 1 aromatic rings. The first-order valence-corrected chi connectivity index (χ1v) is 8.27. The van der Waals surface area contributed by atoms with Gasteiger partial charge < -0.3 is 9.67 Å². The number of aliphatic hydroxyl groups is 1. The van der Waals surface area contributed by atoms with Crippen LogP contribution >= 0.6 is 11.8 Å². The summed E-state index contributed by atoms with van der Waals surface area (Å²) in [6, 6.07) is 0.280. The number of hydrogen-bond acceptors (Lipinski definition) is 3. The molecule has 0 radical (unpaired) electrons. The van der Waals surface area contributed by atoms with E-state index in [4.69, 9.17) is 0 Å². The monoisotopic (exact) mass is 266 g/mol. The van der Waals surface area contributed by atoms with E-state index in [9.17, 15) is 5.11 Å². The van der Waals surface area contributed by atoms with E-state index < -0.39 is 0 Å². The molecule has 0 aromatic carbocycles. The number of fused-ring (bicyclic) bond motifs is 1. The van der Waals surface area contributed by atoms with Crippen molar-refractivity contribution in [3.05, 3.63) is 17.7 Å². The Morgan fingerprint density at radius 1 is 1.39 bits per heavy atom. The molecule has 0 bridgehead atoms. The van der Waals surface area contributed by atoms with E-state index >= 15 is 0 Å². The van der Waals surface area contributed by atoms with Crippen molar-refractivity contribution in [3.63, 3.8) is 0 Å². The second-order valence-electron chi connectivity index (χ2n) is 5.55. The largest absolute Gasteiger partial charge is 0.394 e. The van der Waals surface area contributed by atoms with E-state index in [1.165, 1.54) is 42.3 Å². The van der Waals surface area contributed by atoms with Gasteiger partial charge in [-0.05, 0) is 49.5 Å². The first-order chi connectivity index (χ1) is 8.88. The first-order valence-electron chi connectivity index (χ1n) is 7.12. The van der Waals surface area contributed by atoms with Gasteiger partial charge in [0.05, 0.1) is 12.6 Å². The Labute approximate surface area is 113 Å². The van der Waals surface area contributed by atoms with Crippen LogP contribution in [0.5, 0.6) is 0 Å². The molecule has 2 aliphatic heterocycles. The fraction of sp³-hybridized carbons (Fsp3) is 0.786. The van der Waals surface area contributed by atoms with E-state index in [0.29, 0.717) is 0 Å². The predicted molar refractivity (Wildman–Crippen MR) is 75.0 cm³/mol. The van der Waals surface area contributed by atoms with Crippen molar-refractivity contribution in [2.75, 3.05) is 18.1 Å². The van der Waals surface area contributed by atoms with E-state index in [1.54, 1.807) is 0 Å². The Morgan fingerprint density at radius 3 is 3.11 bits per heavy atom. The third kappa shape index (κ3) is 2.45. The maximum atomic E-state index is 9.53. The molecule has 1 aromatic heterocycles. The lowest BCUT2D eigenvalue weighted by molar-refractivity contribution is 0.203. The average molecular weight is 266 g/mol. The Hall–Kier alpha value is -0.480. The normalized spacial score (nSPS) is 28.1. The number of aliphatic hydroxyl groups excluding tert-OH is 1. The van der Waals surface area contributed by atoms with Gasteiger partial charge in [-0.15, -0.1) is 0 Å². The van der Waals surface area contributed by atoms with Gasteiger partial charge in [-0.1, -0.05) is 0 Å². The number of rotatable bonds is 3. The molecule has 2 atom stereocenters. The van der Waals surface area contributed by atoms with Crippen molar-refractivity contribution in [1.29, 1.82) is 0 Å². The number of hydrogen-bond donors (Lipinski definition) is 1. The summed E-state index contributed by atoms with van der Waals surface area (Å²) in [4.78, 5) is 4.63. The Morgan fingerprint density at radius 2 is 2.33 bits per heavy atom. The number of thioether (sulfide) groups is 1. The SMILES string of the molecule is OCC1CCCc2cnc(CC3CCCSC3)n21. The molecular weight excluding hydrogens is 244 g/mol. The zero-order chi connectivity index (χ0) is 12.4. The Kier molecular flexibility index (Phi) is 3.94. The predicted octanol–water partition coefficient (Wildman–Crippen LogP) is 2.44. The summed E-state index contributed by atoms with van der Waals surface area (Å²) in [5.41, 5.74) is 1.33. The summed E-state index contributed by atoms with van der Waals surface area (Å²) >= 11 is 2.08. The van der Waals surface area contributed by atoms with Gasteiger partial charge in [0.2, 0.25) is 0 Å². The standard InChI is InChI=1S/C14H22N2OS/c17-9-13-5-1-4-12-8-15-14(16(12)13)7-11-3-2-6-18-10-11/h8,11,13,17H,1-7,9-10H2. The lowest BCUT2D eigenvalue weighted by Gasteiger charge is -2.27. The molecule has 2 unspecified atom stereocenters. The van der Waals surface area contributed by atoms with Crippen molar-refractivity contribution in [2.45, 2.75) is 44.6 Å². The maximum Gasteiger partial charge on any atom is 0.109 e. The van der Waals surface area contributed by atoms with Gasteiger partial charge in [0, 0.05) is 18.3 Å². The van der Waals surface area contributed by atoms with E-state index in [0.717, 1.165) is 25.2 Å². The molecule has 0 spiro atoms. The smallest absolute Gasteiger partial charge is 0.109 e. The second-order valence-corrected chi connectivity index (χ2v) is 6.70. The van der Waals surface area contributed by atoms with Crippen LogP contribution in [0.15, 0.2) is 6.20 Å². The summed E-state index contributed by atoms with van der Waals surface area (Å²) < 4.78 is 2.34. The van der Waals surface area contributed by atoms with Gasteiger partial charge in [-0.2, -0.15) is 11.8 Å². The van der Waals surface area contributed by atoms with Crippen LogP contribution in [-0.4, -0.2) is 32.8 Å². The zero-order valence-electron chi connectivity index (χ0n) is 10.8.